The minimum atomic E-state index is -0.725. The van der Waals surface area contributed by atoms with Crippen LogP contribution in [0.4, 0.5) is 0 Å². The average molecular weight is 485 g/mol. The number of esters is 2. The van der Waals surface area contributed by atoms with Crippen LogP contribution in [-0.4, -0.2) is 45.2 Å². The Morgan fingerprint density at radius 2 is 1.41 bits per heavy atom. The molecule has 0 fully saturated rings. The molecule has 0 aromatic heterocycles. The van der Waals surface area contributed by atoms with Crippen LogP contribution < -0.4 is 0 Å². The number of likely N-dealkylation sites (N-methyl/N-ethyl adjacent to an activating group) is 1. The topological polar surface area (TPSA) is 55.8 Å². The highest BCUT2D eigenvalue weighted by molar-refractivity contribution is 14.1. The molecule has 0 aliphatic rings. The first-order chi connectivity index (χ1) is 12.4. The molecule has 148 valence electrons. The molecule has 27 heavy (non-hydrogen) atoms. The molecule has 0 aliphatic heterocycles. The molecule has 0 N–H and O–H groups in total. The maximum absolute atomic E-state index is 12.4. The van der Waals surface area contributed by atoms with Gasteiger partial charge in [0.2, 0.25) is 0 Å². The van der Waals surface area contributed by atoms with Gasteiger partial charge >= 0.3 is 11.9 Å². The van der Waals surface area contributed by atoms with Gasteiger partial charge in [0.25, 0.3) is 0 Å². The Morgan fingerprint density at radius 3 is 1.74 bits per heavy atom. The molecule has 0 saturated carbocycles. The second-order valence-corrected chi connectivity index (χ2v) is 8.48. The van der Waals surface area contributed by atoms with E-state index in [2.05, 4.69) is 55.5 Å². The molecule has 0 amide bonds. The maximum atomic E-state index is 12.4. The van der Waals surface area contributed by atoms with Gasteiger partial charge < -0.3 is 14.4 Å². The van der Waals surface area contributed by atoms with Crippen molar-refractivity contribution in [1.82, 2.24) is 4.90 Å². The number of carbonyl (C=O) groups excluding carboxylic acids is 2. The number of aryl methyl sites for hydroxylation is 1. The Morgan fingerprint density at radius 1 is 0.963 bits per heavy atom. The van der Waals surface area contributed by atoms with Crippen LogP contribution in [0.15, 0.2) is 39.1 Å². The van der Waals surface area contributed by atoms with Crippen molar-refractivity contribution in [2.45, 2.75) is 27.7 Å². The zero-order chi connectivity index (χ0) is 20.9. The lowest BCUT2D eigenvalue weighted by Gasteiger charge is -2.29. The number of hydrogen-bond acceptors (Lipinski definition) is 5. The number of halogens is 1. The van der Waals surface area contributed by atoms with Crippen molar-refractivity contribution in [1.29, 1.82) is 0 Å². The smallest absolute Gasteiger partial charge is 0.347 e. The Hall–Kier alpha value is -1.83. The number of hydrogen-bond donors (Lipinski definition) is 0. The number of benzene rings is 1. The standard InChI is InChI=1S/C21H28INO4/c1-13-9-11-14(12-10-13)16(21(2,3)4)17(22)18(23(5)6)15(19(24)26-7)20(25)27-8/h9-12H,1-8H3/b17-16+. The highest BCUT2D eigenvalue weighted by Gasteiger charge is 2.31. The summed E-state index contributed by atoms with van der Waals surface area (Å²) in [5, 5.41) is 0. The second kappa shape index (κ2) is 9.39. The van der Waals surface area contributed by atoms with E-state index >= 15 is 0 Å². The van der Waals surface area contributed by atoms with Crippen LogP contribution in [0.2, 0.25) is 0 Å². The molecule has 0 bridgehead atoms. The Balaban J connectivity index is 3.95. The van der Waals surface area contributed by atoms with Crippen LogP contribution >= 0.6 is 22.6 Å². The molecule has 0 radical (unpaired) electrons. The molecule has 5 nitrogen and oxygen atoms in total. The second-order valence-electron chi connectivity index (χ2n) is 7.41. The zero-order valence-electron chi connectivity index (χ0n) is 17.3. The molecule has 1 aromatic carbocycles. The van der Waals surface area contributed by atoms with Gasteiger partial charge in [0, 0.05) is 17.7 Å². The van der Waals surface area contributed by atoms with Crippen molar-refractivity contribution < 1.29 is 19.1 Å². The van der Waals surface area contributed by atoms with Gasteiger partial charge in [0.05, 0.1) is 19.9 Å². The Labute approximate surface area is 175 Å². The summed E-state index contributed by atoms with van der Waals surface area (Å²) in [4.78, 5) is 26.5. The van der Waals surface area contributed by atoms with Gasteiger partial charge in [-0.1, -0.05) is 50.6 Å². The van der Waals surface area contributed by atoms with E-state index in [9.17, 15) is 9.59 Å². The summed E-state index contributed by atoms with van der Waals surface area (Å²) in [5.74, 6) is -1.45. The van der Waals surface area contributed by atoms with Crippen molar-refractivity contribution >= 4 is 40.1 Å². The molecule has 0 heterocycles. The van der Waals surface area contributed by atoms with Crippen LogP contribution in [0.25, 0.3) is 5.57 Å². The Bertz CT molecular complexity index is 750. The zero-order valence-corrected chi connectivity index (χ0v) is 19.4. The van der Waals surface area contributed by atoms with Gasteiger partial charge in [0.15, 0.2) is 5.57 Å². The molecule has 0 saturated heterocycles. The van der Waals surface area contributed by atoms with Crippen LogP contribution in [0, 0.1) is 12.3 Å². The third-order valence-corrected chi connectivity index (χ3v) is 5.03. The van der Waals surface area contributed by atoms with E-state index in [4.69, 9.17) is 9.47 Å². The van der Waals surface area contributed by atoms with Gasteiger partial charge in [-0.2, -0.15) is 0 Å². The van der Waals surface area contributed by atoms with E-state index in [1.54, 1.807) is 19.0 Å². The van der Waals surface area contributed by atoms with Gasteiger partial charge in [-0.15, -0.1) is 0 Å². The van der Waals surface area contributed by atoms with Crippen LogP contribution in [0.5, 0.6) is 0 Å². The number of methoxy groups -OCH3 is 2. The lowest BCUT2D eigenvalue weighted by Crippen LogP contribution is -2.26. The molecular weight excluding hydrogens is 457 g/mol. The summed E-state index contributed by atoms with van der Waals surface area (Å²) in [6.45, 7) is 8.34. The summed E-state index contributed by atoms with van der Waals surface area (Å²) in [6.07, 6.45) is 0. The fourth-order valence-electron chi connectivity index (χ4n) is 2.74. The molecule has 0 aliphatic carbocycles. The lowest BCUT2D eigenvalue weighted by molar-refractivity contribution is -0.144. The van der Waals surface area contributed by atoms with Gasteiger partial charge in [-0.05, 0) is 46.1 Å². The van der Waals surface area contributed by atoms with Crippen molar-refractivity contribution in [2.75, 3.05) is 28.3 Å². The van der Waals surface area contributed by atoms with Gasteiger partial charge in [-0.3, -0.25) is 0 Å². The third-order valence-electron chi connectivity index (χ3n) is 3.98. The quantitative estimate of drug-likeness (QED) is 0.155. The van der Waals surface area contributed by atoms with E-state index in [-0.39, 0.29) is 11.0 Å². The molecule has 6 heteroatoms. The molecule has 0 atom stereocenters. The predicted octanol–water partition coefficient (Wildman–Crippen LogP) is 4.35. The minimum absolute atomic E-state index is 0.122. The number of rotatable bonds is 5. The molecule has 1 rings (SSSR count). The predicted molar refractivity (Wildman–Crippen MR) is 116 cm³/mol. The molecular formula is C21H28INO4. The van der Waals surface area contributed by atoms with E-state index in [1.807, 2.05) is 19.1 Å². The van der Waals surface area contributed by atoms with E-state index in [0.29, 0.717) is 5.70 Å². The molecule has 0 spiro atoms. The summed E-state index contributed by atoms with van der Waals surface area (Å²) >= 11 is 2.20. The first kappa shape index (κ1) is 23.2. The fourth-order valence-corrected chi connectivity index (χ4v) is 4.61. The summed E-state index contributed by atoms with van der Waals surface area (Å²) in [6, 6.07) is 8.20. The summed E-state index contributed by atoms with van der Waals surface area (Å²) in [7, 11) is 6.07. The molecule has 0 unspecified atom stereocenters. The van der Waals surface area contributed by atoms with Crippen molar-refractivity contribution in [3.8, 4) is 0 Å². The van der Waals surface area contributed by atoms with Crippen LogP contribution in [0.3, 0.4) is 0 Å². The summed E-state index contributed by atoms with van der Waals surface area (Å²) < 4.78 is 10.5. The average Bonchev–Trinajstić information content (AvgIpc) is 2.58. The van der Waals surface area contributed by atoms with Gasteiger partial charge in [0.1, 0.15) is 0 Å². The first-order valence-corrected chi connectivity index (χ1v) is 9.59. The fraction of sp³-hybridized carbons (Fsp3) is 0.429. The normalized spacial score (nSPS) is 12.0. The van der Waals surface area contributed by atoms with Crippen LogP contribution in [0.1, 0.15) is 31.9 Å². The van der Waals surface area contributed by atoms with Crippen molar-refractivity contribution in [3.05, 3.63) is 50.2 Å². The SMILES string of the molecule is COC(=O)C(C(=O)OC)=C(/C(I)=C(/c1ccc(C)cc1)C(C)(C)C)N(C)C. The minimum Gasteiger partial charge on any atom is -0.465 e. The van der Waals surface area contributed by atoms with Gasteiger partial charge in [-0.25, -0.2) is 9.59 Å². The monoisotopic (exact) mass is 485 g/mol. The maximum Gasteiger partial charge on any atom is 0.347 e. The largest absolute Gasteiger partial charge is 0.465 e. The van der Waals surface area contributed by atoms with E-state index < -0.39 is 11.9 Å². The molecule has 1 aromatic rings. The summed E-state index contributed by atoms with van der Waals surface area (Å²) in [5.41, 5.74) is 3.34. The lowest BCUT2D eigenvalue weighted by atomic mass is 9.81. The highest BCUT2D eigenvalue weighted by Crippen LogP contribution is 2.42. The first-order valence-electron chi connectivity index (χ1n) is 8.51. The number of ether oxygens (including phenoxy) is 2. The number of carbonyl (C=O) groups is 2. The van der Waals surface area contributed by atoms with E-state index in [0.717, 1.165) is 20.3 Å². The Kier molecular flexibility index (Phi) is 8.07. The van der Waals surface area contributed by atoms with Crippen molar-refractivity contribution in [2.24, 2.45) is 5.41 Å². The number of nitrogens with zero attached hydrogens (tertiary/aromatic N) is 1. The van der Waals surface area contributed by atoms with Crippen molar-refractivity contribution in [3.63, 3.8) is 0 Å². The third kappa shape index (κ3) is 5.57. The number of allylic oxidation sites excluding steroid dienone is 2. The van der Waals surface area contributed by atoms with E-state index in [1.165, 1.54) is 14.2 Å². The highest BCUT2D eigenvalue weighted by atomic mass is 127. The van der Waals surface area contributed by atoms with Crippen LogP contribution in [-0.2, 0) is 19.1 Å².